The molecule has 1 fully saturated rings. The number of para-hydroxylation sites is 3. The highest BCUT2D eigenvalue weighted by Crippen LogP contribution is 2.40. The number of fused-ring (bicyclic) bond motifs is 2. The fourth-order valence-corrected chi connectivity index (χ4v) is 5.10. The Bertz CT molecular complexity index is 1020. The molecule has 3 aromatic carbocycles. The number of likely N-dealkylation sites (tertiary alicyclic amines) is 1. The van der Waals surface area contributed by atoms with Gasteiger partial charge in [-0.1, -0.05) is 42.5 Å². The van der Waals surface area contributed by atoms with Crippen molar-refractivity contribution in [1.29, 1.82) is 0 Å². The number of hydrogen-bond acceptors (Lipinski definition) is 5. The number of hydrogen-bond donors (Lipinski definition) is 1. The van der Waals surface area contributed by atoms with Crippen molar-refractivity contribution >= 4 is 11.4 Å². The van der Waals surface area contributed by atoms with E-state index in [-0.39, 0.29) is 0 Å². The molecule has 0 aliphatic carbocycles. The molecule has 172 valence electrons. The largest absolute Gasteiger partial charge is 0.497 e. The molecule has 1 saturated heterocycles. The van der Waals surface area contributed by atoms with Crippen LogP contribution in [0.3, 0.4) is 0 Å². The van der Waals surface area contributed by atoms with Crippen molar-refractivity contribution in [3.05, 3.63) is 83.9 Å². The van der Waals surface area contributed by atoms with Crippen LogP contribution >= 0.6 is 0 Å². The van der Waals surface area contributed by atoms with Gasteiger partial charge in [0.1, 0.15) is 18.1 Å². The van der Waals surface area contributed by atoms with Crippen LogP contribution in [0.1, 0.15) is 24.0 Å². The summed E-state index contributed by atoms with van der Waals surface area (Å²) >= 11 is 0. The highest BCUT2D eigenvalue weighted by Gasteiger charge is 2.31. The average Bonchev–Trinajstić information content (AvgIpc) is 3.21. The third-order valence-corrected chi connectivity index (χ3v) is 6.79. The minimum atomic E-state index is -0.397. The summed E-state index contributed by atoms with van der Waals surface area (Å²) in [6, 6.07) is 25.2. The van der Waals surface area contributed by atoms with E-state index in [2.05, 4.69) is 52.3 Å². The molecule has 0 bridgehead atoms. The van der Waals surface area contributed by atoms with Gasteiger partial charge in [-0.25, -0.2) is 0 Å². The van der Waals surface area contributed by atoms with E-state index >= 15 is 0 Å². The van der Waals surface area contributed by atoms with Crippen LogP contribution in [0.25, 0.3) is 0 Å². The Kier molecular flexibility index (Phi) is 6.51. The van der Waals surface area contributed by atoms with Crippen LogP contribution in [0.2, 0.25) is 0 Å². The molecule has 5 nitrogen and oxygen atoms in total. The van der Waals surface area contributed by atoms with Crippen LogP contribution in [0, 0.1) is 0 Å². The first-order chi connectivity index (χ1) is 16.2. The van der Waals surface area contributed by atoms with Crippen molar-refractivity contribution in [2.24, 2.45) is 0 Å². The number of aliphatic hydroxyl groups is 1. The maximum Gasteiger partial charge on any atom is 0.143 e. The summed E-state index contributed by atoms with van der Waals surface area (Å²) in [4.78, 5) is 4.88. The summed E-state index contributed by atoms with van der Waals surface area (Å²) in [7, 11) is 1.67. The number of benzene rings is 3. The Balaban J connectivity index is 1.31. The quantitative estimate of drug-likeness (QED) is 0.568. The summed E-state index contributed by atoms with van der Waals surface area (Å²) in [6.45, 7) is 3.17. The second-order valence-electron chi connectivity index (χ2n) is 8.99. The molecule has 0 saturated carbocycles. The summed E-state index contributed by atoms with van der Waals surface area (Å²) < 4.78 is 11.4. The van der Waals surface area contributed by atoms with Crippen LogP contribution in [0.4, 0.5) is 11.4 Å². The number of anilines is 2. The Morgan fingerprint density at radius 1 is 1.00 bits per heavy atom. The standard InChI is InChI=1S/C28H32N2O3/c1-32-25-14-12-21(13-15-25)17-24(31)19-29-16-6-8-23(29)18-30-26-9-3-2-7-22(26)20-33-28-11-5-4-10-27(28)30/h2-5,7,9-15,23-24,31H,6,8,16-20H2,1H3/t23-,24-/m1/s1. The van der Waals surface area contributed by atoms with Crippen molar-refractivity contribution < 1.29 is 14.6 Å². The number of rotatable bonds is 7. The van der Waals surface area contributed by atoms with Gasteiger partial charge in [0.25, 0.3) is 0 Å². The number of ether oxygens (including phenoxy) is 2. The summed E-state index contributed by atoms with van der Waals surface area (Å²) in [6.07, 6.45) is 2.55. The third kappa shape index (κ3) is 4.85. The number of aliphatic hydroxyl groups excluding tert-OH is 1. The summed E-state index contributed by atoms with van der Waals surface area (Å²) in [5.41, 5.74) is 4.67. The van der Waals surface area contributed by atoms with Crippen LogP contribution < -0.4 is 14.4 Å². The molecule has 1 N–H and O–H groups in total. The average molecular weight is 445 g/mol. The van der Waals surface area contributed by atoms with Gasteiger partial charge in [0.15, 0.2) is 0 Å². The van der Waals surface area contributed by atoms with Gasteiger partial charge in [-0.05, 0) is 61.7 Å². The van der Waals surface area contributed by atoms with Gasteiger partial charge in [0.2, 0.25) is 0 Å². The van der Waals surface area contributed by atoms with Gasteiger partial charge in [-0.2, -0.15) is 0 Å². The molecule has 0 aromatic heterocycles. The van der Waals surface area contributed by atoms with E-state index in [1.54, 1.807) is 7.11 Å². The van der Waals surface area contributed by atoms with Gasteiger partial charge in [-0.3, -0.25) is 4.90 Å². The Hall–Kier alpha value is -3.02. The first-order valence-electron chi connectivity index (χ1n) is 11.8. The lowest BCUT2D eigenvalue weighted by Crippen LogP contribution is -2.42. The van der Waals surface area contributed by atoms with E-state index in [0.29, 0.717) is 25.6 Å². The van der Waals surface area contributed by atoms with Crippen molar-refractivity contribution in [2.45, 2.75) is 38.0 Å². The molecule has 5 rings (SSSR count). The van der Waals surface area contributed by atoms with E-state index in [0.717, 1.165) is 48.7 Å². The fourth-order valence-electron chi connectivity index (χ4n) is 5.10. The lowest BCUT2D eigenvalue weighted by Gasteiger charge is -2.33. The third-order valence-electron chi connectivity index (χ3n) is 6.79. The maximum atomic E-state index is 10.9. The lowest BCUT2D eigenvalue weighted by atomic mass is 10.1. The first-order valence-corrected chi connectivity index (χ1v) is 11.8. The van der Waals surface area contributed by atoms with E-state index in [1.165, 1.54) is 11.3 Å². The van der Waals surface area contributed by atoms with E-state index < -0.39 is 6.10 Å². The summed E-state index contributed by atoms with van der Waals surface area (Å²) in [5.74, 6) is 1.77. The normalized spacial score (nSPS) is 18.7. The van der Waals surface area contributed by atoms with Crippen LogP contribution in [-0.4, -0.2) is 48.9 Å². The van der Waals surface area contributed by atoms with Crippen LogP contribution in [0.15, 0.2) is 72.8 Å². The van der Waals surface area contributed by atoms with E-state index in [4.69, 9.17) is 9.47 Å². The second kappa shape index (κ2) is 9.86. The van der Waals surface area contributed by atoms with Gasteiger partial charge < -0.3 is 19.5 Å². The number of β-amino-alcohol motifs (C(OH)–C–C–N with tert-alkyl or cyclic N) is 1. The van der Waals surface area contributed by atoms with Crippen molar-refractivity contribution in [2.75, 3.05) is 31.6 Å². The van der Waals surface area contributed by atoms with Gasteiger partial charge >= 0.3 is 0 Å². The molecule has 2 atom stereocenters. The molecule has 2 aliphatic rings. The highest BCUT2D eigenvalue weighted by molar-refractivity contribution is 5.72. The molecule has 5 heteroatoms. The SMILES string of the molecule is COc1ccc(C[C@@H](O)CN2CCC[C@@H]2CN2c3ccccc3COc3ccccc32)cc1. The molecule has 0 spiro atoms. The minimum absolute atomic E-state index is 0.384. The first kappa shape index (κ1) is 21.8. The zero-order valence-electron chi connectivity index (χ0n) is 19.2. The molecule has 2 heterocycles. The molecule has 3 aromatic rings. The highest BCUT2D eigenvalue weighted by atomic mass is 16.5. The predicted molar refractivity (Wildman–Crippen MR) is 132 cm³/mol. The predicted octanol–water partition coefficient (Wildman–Crippen LogP) is 4.79. The van der Waals surface area contributed by atoms with Crippen molar-refractivity contribution in [1.82, 2.24) is 4.90 Å². The molecule has 2 aliphatic heterocycles. The second-order valence-corrected chi connectivity index (χ2v) is 8.99. The Labute approximate surface area is 196 Å². The topological polar surface area (TPSA) is 45.2 Å². The Morgan fingerprint density at radius 2 is 1.76 bits per heavy atom. The van der Waals surface area contributed by atoms with Crippen LogP contribution in [0.5, 0.6) is 11.5 Å². The molecule has 0 amide bonds. The molecule has 0 radical (unpaired) electrons. The van der Waals surface area contributed by atoms with E-state index in [1.807, 2.05) is 30.3 Å². The van der Waals surface area contributed by atoms with Gasteiger partial charge in [0.05, 0.1) is 18.9 Å². The van der Waals surface area contributed by atoms with Gasteiger partial charge in [-0.15, -0.1) is 0 Å². The lowest BCUT2D eigenvalue weighted by molar-refractivity contribution is 0.107. The minimum Gasteiger partial charge on any atom is -0.497 e. The summed E-state index contributed by atoms with van der Waals surface area (Å²) in [5, 5.41) is 10.9. The molecular formula is C28H32N2O3. The number of nitrogens with zero attached hydrogens (tertiary/aromatic N) is 2. The molecule has 33 heavy (non-hydrogen) atoms. The van der Waals surface area contributed by atoms with Crippen LogP contribution in [-0.2, 0) is 13.0 Å². The fraction of sp³-hybridized carbons (Fsp3) is 0.357. The van der Waals surface area contributed by atoms with E-state index in [9.17, 15) is 5.11 Å². The maximum absolute atomic E-state index is 10.9. The zero-order chi connectivity index (χ0) is 22.6. The van der Waals surface area contributed by atoms with Crippen molar-refractivity contribution in [3.8, 4) is 11.5 Å². The molecular weight excluding hydrogens is 412 g/mol. The van der Waals surface area contributed by atoms with Gasteiger partial charge in [0, 0.05) is 30.4 Å². The monoisotopic (exact) mass is 444 g/mol. The number of methoxy groups -OCH3 is 1. The van der Waals surface area contributed by atoms with Crippen molar-refractivity contribution in [3.63, 3.8) is 0 Å². The smallest absolute Gasteiger partial charge is 0.143 e. The molecule has 0 unspecified atom stereocenters. The zero-order valence-corrected chi connectivity index (χ0v) is 19.2. The Morgan fingerprint density at radius 3 is 2.58 bits per heavy atom.